The lowest BCUT2D eigenvalue weighted by Crippen LogP contribution is -2.14. The average Bonchev–Trinajstić information content (AvgIpc) is 2.72. The Morgan fingerprint density at radius 3 is 3.00 bits per heavy atom. The molecule has 0 spiro atoms. The van der Waals surface area contributed by atoms with Crippen LogP contribution in [0.15, 0.2) is 24.0 Å². The number of hydrogen-bond donors (Lipinski definition) is 1. The maximum Gasteiger partial charge on any atom is 0.157 e. The second-order valence-corrected chi connectivity index (χ2v) is 3.44. The molecule has 0 fully saturated rings. The van der Waals surface area contributed by atoms with E-state index in [1.54, 1.807) is 12.3 Å². The fourth-order valence-corrected chi connectivity index (χ4v) is 1.51. The third-order valence-corrected chi connectivity index (χ3v) is 2.39. The van der Waals surface area contributed by atoms with Crippen LogP contribution in [-0.2, 0) is 18.4 Å². The molecular weight excluding hydrogens is 178 g/mol. The van der Waals surface area contributed by atoms with Gasteiger partial charge in [-0.3, -0.25) is 9.48 Å². The smallest absolute Gasteiger partial charge is 0.157 e. The highest BCUT2D eigenvalue weighted by molar-refractivity contribution is 5.92. The number of hydrogen-bond acceptors (Lipinski definition) is 3. The van der Waals surface area contributed by atoms with Crippen molar-refractivity contribution in [2.24, 2.45) is 7.05 Å². The third-order valence-electron chi connectivity index (χ3n) is 2.39. The van der Waals surface area contributed by atoms with Gasteiger partial charge in [-0.05, 0) is 12.5 Å². The van der Waals surface area contributed by atoms with Gasteiger partial charge in [-0.1, -0.05) is 0 Å². The molecule has 1 N–H and O–H groups in total. The van der Waals surface area contributed by atoms with E-state index < -0.39 is 0 Å². The molecule has 14 heavy (non-hydrogen) atoms. The van der Waals surface area contributed by atoms with E-state index in [0.29, 0.717) is 6.42 Å². The highest BCUT2D eigenvalue weighted by Gasteiger charge is 2.11. The number of nitrogens with one attached hydrogen (secondary N) is 1. The van der Waals surface area contributed by atoms with E-state index in [0.717, 1.165) is 24.4 Å². The molecule has 4 heteroatoms. The second kappa shape index (κ2) is 3.65. The van der Waals surface area contributed by atoms with Crippen LogP contribution in [0.1, 0.15) is 18.5 Å². The molecule has 0 aromatic carbocycles. The summed E-state index contributed by atoms with van der Waals surface area (Å²) in [4.78, 5) is 10.9. The van der Waals surface area contributed by atoms with Crippen LogP contribution in [0.25, 0.3) is 0 Å². The molecule has 0 atom stereocenters. The van der Waals surface area contributed by atoms with Crippen molar-refractivity contribution in [2.45, 2.75) is 19.4 Å². The molecule has 1 aliphatic rings. The van der Waals surface area contributed by atoms with Gasteiger partial charge in [-0.25, -0.2) is 0 Å². The molecule has 0 bridgehead atoms. The number of ketones is 1. The molecule has 0 saturated carbocycles. The first-order valence-corrected chi connectivity index (χ1v) is 4.70. The lowest BCUT2D eigenvalue weighted by Gasteiger charge is -2.06. The molecule has 0 radical (unpaired) electrons. The second-order valence-electron chi connectivity index (χ2n) is 3.44. The Hall–Kier alpha value is -1.58. The van der Waals surface area contributed by atoms with Crippen LogP contribution in [0.3, 0.4) is 0 Å². The normalized spacial score (nSPS) is 15.8. The van der Waals surface area contributed by atoms with E-state index in [4.69, 9.17) is 0 Å². The molecule has 0 saturated heterocycles. The lowest BCUT2D eigenvalue weighted by molar-refractivity contribution is -0.114. The van der Waals surface area contributed by atoms with Gasteiger partial charge in [-0.15, -0.1) is 0 Å². The van der Waals surface area contributed by atoms with E-state index in [2.05, 4.69) is 10.4 Å². The van der Waals surface area contributed by atoms with Gasteiger partial charge in [0.25, 0.3) is 0 Å². The van der Waals surface area contributed by atoms with Crippen LogP contribution in [0.2, 0.25) is 0 Å². The summed E-state index contributed by atoms with van der Waals surface area (Å²) < 4.78 is 1.82. The van der Waals surface area contributed by atoms with E-state index in [9.17, 15) is 4.79 Å². The Balaban J connectivity index is 1.92. The third kappa shape index (κ3) is 1.84. The van der Waals surface area contributed by atoms with Crippen molar-refractivity contribution >= 4 is 5.78 Å². The number of allylic oxidation sites excluding steroid dienone is 2. The fraction of sp³-hybridized carbons (Fsp3) is 0.400. The summed E-state index contributed by atoms with van der Waals surface area (Å²) >= 11 is 0. The quantitative estimate of drug-likeness (QED) is 0.767. The van der Waals surface area contributed by atoms with Crippen LogP contribution in [0.4, 0.5) is 0 Å². The summed E-state index contributed by atoms with van der Waals surface area (Å²) in [6.07, 6.45) is 4.95. The predicted molar refractivity (Wildman–Crippen MR) is 52.4 cm³/mol. The van der Waals surface area contributed by atoms with Crippen molar-refractivity contribution in [3.05, 3.63) is 29.7 Å². The minimum atomic E-state index is 0.220. The minimum Gasteiger partial charge on any atom is -0.383 e. The zero-order chi connectivity index (χ0) is 9.97. The van der Waals surface area contributed by atoms with Crippen LogP contribution in [0, 0.1) is 0 Å². The molecular formula is C10H13N3O. The number of aromatic nitrogens is 2. The number of carbonyl (C=O) groups is 1. The Kier molecular flexibility index (Phi) is 2.35. The first-order chi connectivity index (χ1) is 6.75. The number of carbonyl (C=O) groups excluding carboxylic acids is 1. The van der Waals surface area contributed by atoms with Crippen LogP contribution >= 0.6 is 0 Å². The van der Waals surface area contributed by atoms with Crippen molar-refractivity contribution in [2.75, 3.05) is 0 Å². The molecule has 1 aromatic heterocycles. The Morgan fingerprint density at radius 2 is 2.43 bits per heavy atom. The minimum absolute atomic E-state index is 0.220. The summed E-state index contributed by atoms with van der Waals surface area (Å²) in [5, 5.41) is 7.30. The first kappa shape index (κ1) is 8.99. The van der Waals surface area contributed by atoms with Crippen molar-refractivity contribution < 1.29 is 4.79 Å². The van der Waals surface area contributed by atoms with Gasteiger partial charge in [0.05, 0.1) is 12.2 Å². The topological polar surface area (TPSA) is 46.9 Å². The zero-order valence-corrected chi connectivity index (χ0v) is 8.16. The van der Waals surface area contributed by atoms with E-state index in [-0.39, 0.29) is 5.78 Å². The summed E-state index contributed by atoms with van der Waals surface area (Å²) in [6.45, 7) is 0.732. The van der Waals surface area contributed by atoms with Crippen molar-refractivity contribution in [1.82, 2.24) is 15.1 Å². The summed E-state index contributed by atoms with van der Waals surface area (Å²) in [7, 11) is 1.91. The maximum atomic E-state index is 10.9. The number of rotatable bonds is 3. The van der Waals surface area contributed by atoms with Gasteiger partial charge >= 0.3 is 0 Å². The van der Waals surface area contributed by atoms with E-state index in [1.165, 1.54) is 0 Å². The van der Waals surface area contributed by atoms with Crippen molar-refractivity contribution in [1.29, 1.82) is 0 Å². The first-order valence-electron chi connectivity index (χ1n) is 4.70. The van der Waals surface area contributed by atoms with Crippen LogP contribution < -0.4 is 5.32 Å². The van der Waals surface area contributed by atoms with Gasteiger partial charge in [0.1, 0.15) is 0 Å². The number of aryl methyl sites for hydroxylation is 1. The summed E-state index contributed by atoms with van der Waals surface area (Å²) in [5.41, 5.74) is 2.15. The van der Waals surface area contributed by atoms with Crippen molar-refractivity contribution in [3.63, 3.8) is 0 Å². The molecule has 1 heterocycles. The standard InChI is InChI=1S/C10H13N3O/c1-13-9(4-5-12-13)7-11-8-2-3-10(14)6-8/h4-6,11H,2-3,7H2,1H3. The molecule has 1 aromatic rings. The summed E-state index contributed by atoms with van der Waals surface area (Å²) in [6, 6.07) is 1.96. The highest BCUT2D eigenvalue weighted by Crippen LogP contribution is 2.12. The van der Waals surface area contributed by atoms with Gasteiger partial charge in [0.2, 0.25) is 0 Å². The predicted octanol–water partition coefficient (Wildman–Crippen LogP) is 0.757. The molecule has 4 nitrogen and oxygen atoms in total. The molecule has 0 unspecified atom stereocenters. The SMILES string of the molecule is Cn1nccc1CNC1=CC(=O)CC1. The highest BCUT2D eigenvalue weighted by atomic mass is 16.1. The maximum absolute atomic E-state index is 10.9. The van der Waals surface area contributed by atoms with Crippen LogP contribution in [-0.4, -0.2) is 15.6 Å². The molecule has 0 aliphatic heterocycles. The van der Waals surface area contributed by atoms with Gasteiger partial charge in [0.15, 0.2) is 5.78 Å². The molecule has 74 valence electrons. The van der Waals surface area contributed by atoms with Gasteiger partial charge in [0, 0.05) is 31.4 Å². The van der Waals surface area contributed by atoms with E-state index in [1.807, 2.05) is 17.8 Å². The molecule has 1 aliphatic carbocycles. The monoisotopic (exact) mass is 191 g/mol. The van der Waals surface area contributed by atoms with Crippen molar-refractivity contribution in [3.8, 4) is 0 Å². The summed E-state index contributed by atoms with van der Waals surface area (Å²) in [5.74, 6) is 0.220. The van der Waals surface area contributed by atoms with Gasteiger partial charge in [-0.2, -0.15) is 5.10 Å². The average molecular weight is 191 g/mol. The Morgan fingerprint density at radius 1 is 1.57 bits per heavy atom. The molecule has 2 rings (SSSR count). The Labute approximate surface area is 82.6 Å². The van der Waals surface area contributed by atoms with E-state index >= 15 is 0 Å². The number of nitrogens with zero attached hydrogens (tertiary/aromatic N) is 2. The zero-order valence-electron chi connectivity index (χ0n) is 8.16. The Bertz CT molecular complexity index is 378. The molecule has 0 amide bonds. The lowest BCUT2D eigenvalue weighted by atomic mass is 10.3. The van der Waals surface area contributed by atoms with Gasteiger partial charge < -0.3 is 5.32 Å². The largest absolute Gasteiger partial charge is 0.383 e. The fourth-order valence-electron chi connectivity index (χ4n) is 1.51. The van der Waals surface area contributed by atoms with Crippen LogP contribution in [0.5, 0.6) is 0 Å².